The number of hydrogen-bond donors (Lipinski definition) is 1. The SMILES string of the molecule is COC(=O)C(C)=C(SS)c1ccccc1-c1ccccc1. The van der Waals surface area contributed by atoms with Gasteiger partial charge >= 0.3 is 5.97 Å². The second kappa shape index (κ2) is 7.38. The number of ether oxygens (including phenoxy) is 1. The average molecular weight is 316 g/mol. The van der Waals surface area contributed by atoms with Crippen LogP contribution in [0.15, 0.2) is 60.2 Å². The Balaban J connectivity index is 2.62. The average Bonchev–Trinajstić information content (AvgIpc) is 2.56. The third kappa shape index (κ3) is 3.52. The van der Waals surface area contributed by atoms with Crippen LogP contribution in [0.1, 0.15) is 12.5 Å². The molecule has 108 valence electrons. The molecule has 0 aliphatic heterocycles. The van der Waals surface area contributed by atoms with Crippen molar-refractivity contribution in [1.82, 2.24) is 0 Å². The molecule has 0 fully saturated rings. The molecular weight excluding hydrogens is 300 g/mol. The van der Waals surface area contributed by atoms with E-state index >= 15 is 0 Å². The zero-order chi connectivity index (χ0) is 15.2. The lowest BCUT2D eigenvalue weighted by Gasteiger charge is -2.13. The van der Waals surface area contributed by atoms with Crippen LogP contribution in [0.4, 0.5) is 0 Å². The van der Waals surface area contributed by atoms with Crippen molar-refractivity contribution in [3.8, 4) is 11.1 Å². The fraction of sp³-hybridized carbons (Fsp3) is 0.118. The number of hydrogen-bond acceptors (Lipinski definition) is 4. The molecule has 0 aromatic heterocycles. The fourth-order valence-electron chi connectivity index (χ4n) is 2.12. The molecule has 2 rings (SSSR count). The molecule has 0 saturated heterocycles. The molecule has 0 spiro atoms. The third-order valence-electron chi connectivity index (χ3n) is 3.18. The standard InChI is InChI=1S/C17H16O2S2/c1-12(17(18)19-2)16(21-20)15-11-7-6-10-14(15)13-8-4-3-5-9-13/h3-11,20H,1-2H3. The first-order valence-electron chi connectivity index (χ1n) is 6.44. The maximum absolute atomic E-state index is 11.8. The topological polar surface area (TPSA) is 26.3 Å². The Bertz CT molecular complexity index is 664. The summed E-state index contributed by atoms with van der Waals surface area (Å²) in [5.41, 5.74) is 3.70. The van der Waals surface area contributed by atoms with Crippen LogP contribution in [0.2, 0.25) is 0 Å². The number of thiol groups is 1. The molecule has 0 heterocycles. The summed E-state index contributed by atoms with van der Waals surface area (Å²) >= 11 is 4.31. The number of esters is 1. The van der Waals surface area contributed by atoms with E-state index in [0.29, 0.717) is 5.57 Å². The molecule has 0 atom stereocenters. The second-order valence-corrected chi connectivity index (χ2v) is 5.59. The van der Waals surface area contributed by atoms with E-state index in [9.17, 15) is 4.79 Å². The molecule has 2 aromatic rings. The molecule has 0 unspecified atom stereocenters. The van der Waals surface area contributed by atoms with E-state index < -0.39 is 0 Å². The van der Waals surface area contributed by atoms with Crippen molar-refractivity contribution >= 4 is 33.3 Å². The third-order valence-corrected chi connectivity index (χ3v) is 4.44. The van der Waals surface area contributed by atoms with Crippen LogP contribution in [0.3, 0.4) is 0 Å². The molecule has 0 aliphatic carbocycles. The highest BCUT2D eigenvalue weighted by atomic mass is 33.1. The van der Waals surface area contributed by atoms with E-state index in [4.69, 9.17) is 4.74 Å². The zero-order valence-electron chi connectivity index (χ0n) is 11.9. The maximum Gasteiger partial charge on any atom is 0.334 e. The molecular formula is C17H16O2S2. The van der Waals surface area contributed by atoms with Crippen molar-refractivity contribution < 1.29 is 9.53 Å². The lowest BCUT2D eigenvalue weighted by Crippen LogP contribution is -2.03. The van der Waals surface area contributed by atoms with Gasteiger partial charge in [-0.3, -0.25) is 0 Å². The summed E-state index contributed by atoms with van der Waals surface area (Å²) in [5.74, 6) is -0.339. The first kappa shape index (κ1) is 15.7. The normalized spacial score (nSPS) is 11.8. The summed E-state index contributed by atoms with van der Waals surface area (Å²) < 4.78 is 4.82. The lowest BCUT2D eigenvalue weighted by molar-refractivity contribution is -0.135. The van der Waals surface area contributed by atoms with Crippen LogP contribution in [0.5, 0.6) is 0 Å². The van der Waals surface area contributed by atoms with Gasteiger partial charge in [0.2, 0.25) is 0 Å². The van der Waals surface area contributed by atoms with Crippen LogP contribution in [-0.2, 0) is 9.53 Å². The Morgan fingerprint density at radius 1 is 1.05 bits per heavy atom. The zero-order valence-corrected chi connectivity index (χ0v) is 13.6. The van der Waals surface area contributed by atoms with Gasteiger partial charge < -0.3 is 4.74 Å². The maximum atomic E-state index is 11.8. The van der Waals surface area contributed by atoms with Crippen molar-refractivity contribution in [3.63, 3.8) is 0 Å². The minimum Gasteiger partial charge on any atom is -0.466 e. The number of carbonyl (C=O) groups is 1. The summed E-state index contributed by atoms with van der Waals surface area (Å²) in [4.78, 5) is 12.6. The molecule has 0 amide bonds. The summed E-state index contributed by atoms with van der Waals surface area (Å²) in [6.07, 6.45) is 0. The number of benzene rings is 2. The second-order valence-electron chi connectivity index (χ2n) is 4.45. The van der Waals surface area contributed by atoms with Gasteiger partial charge in [-0.05, 0) is 23.6 Å². The molecule has 0 radical (unpaired) electrons. The van der Waals surface area contributed by atoms with Crippen LogP contribution >= 0.6 is 22.5 Å². The van der Waals surface area contributed by atoms with Crippen molar-refractivity contribution in [1.29, 1.82) is 0 Å². The first-order chi connectivity index (χ1) is 10.2. The van der Waals surface area contributed by atoms with E-state index in [0.717, 1.165) is 21.6 Å². The summed E-state index contributed by atoms with van der Waals surface area (Å²) in [5, 5.41) is 0. The minimum absolute atomic E-state index is 0.339. The molecule has 4 heteroatoms. The Hall–Kier alpha value is -1.65. The van der Waals surface area contributed by atoms with Gasteiger partial charge in [-0.25, -0.2) is 4.79 Å². The van der Waals surface area contributed by atoms with Gasteiger partial charge in [0, 0.05) is 10.5 Å². The van der Waals surface area contributed by atoms with Gasteiger partial charge in [0.15, 0.2) is 0 Å². The Labute approximate surface area is 134 Å². The van der Waals surface area contributed by atoms with Gasteiger partial charge in [-0.15, -0.1) is 11.7 Å². The largest absolute Gasteiger partial charge is 0.466 e. The molecule has 2 nitrogen and oxygen atoms in total. The highest BCUT2D eigenvalue weighted by molar-refractivity contribution is 8.72. The first-order valence-corrected chi connectivity index (χ1v) is 8.31. The van der Waals surface area contributed by atoms with Crippen molar-refractivity contribution in [3.05, 3.63) is 65.7 Å². The predicted molar refractivity (Wildman–Crippen MR) is 93.1 cm³/mol. The highest BCUT2D eigenvalue weighted by Gasteiger charge is 2.16. The molecule has 0 bridgehead atoms. The molecule has 0 saturated carbocycles. The number of carbonyl (C=O) groups excluding carboxylic acids is 1. The van der Waals surface area contributed by atoms with E-state index in [2.05, 4.69) is 11.7 Å². The highest BCUT2D eigenvalue weighted by Crippen LogP contribution is 2.39. The van der Waals surface area contributed by atoms with Crippen LogP contribution in [0.25, 0.3) is 16.0 Å². The molecule has 0 aliphatic rings. The monoisotopic (exact) mass is 316 g/mol. The van der Waals surface area contributed by atoms with Crippen molar-refractivity contribution in [2.24, 2.45) is 0 Å². The summed E-state index contributed by atoms with van der Waals surface area (Å²) in [6, 6.07) is 18.0. The number of methoxy groups -OCH3 is 1. The van der Waals surface area contributed by atoms with E-state index in [-0.39, 0.29) is 5.97 Å². The minimum atomic E-state index is -0.339. The number of rotatable bonds is 4. The smallest absolute Gasteiger partial charge is 0.334 e. The predicted octanol–water partition coefficient (Wildman–Crippen LogP) is 4.84. The van der Waals surface area contributed by atoms with Crippen LogP contribution in [-0.4, -0.2) is 13.1 Å². The molecule has 0 N–H and O–H groups in total. The Kier molecular flexibility index (Phi) is 5.53. The molecule has 2 aromatic carbocycles. The van der Waals surface area contributed by atoms with E-state index in [1.807, 2.05) is 54.6 Å². The van der Waals surface area contributed by atoms with Crippen molar-refractivity contribution in [2.45, 2.75) is 6.92 Å². The molecule has 21 heavy (non-hydrogen) atoms. The van der Waals surface area contributed by atoms with Crippen molar-refractivity contribution in [2.75, 3.05) is 7.11 Å². The van der Waals surface area contributed by atoms with Gasteiger partial charge in [-0.1, -0.05) is 65.4 Å². The summed E-state index contributed by atoms with van der Waals surface area (Å²) in [6.45, 7) is 1.76. The van der Waals surface area contributed by atoms with Crippen LogP contribution < -0.4 is 0 Å². The van der Waals surface area contributed by atoms with Gasteiger partial charge in [0.1, 0.15) is 0 Å². The van der Waals surface area contributed by atoms with Crippen LogP contribution in [0, 0.1) is 0 Å². The van der Waals surface area contributed by atoms with E-state index in [1.54, 1.807) is 6.92 Å². The fourth-order valence-corrected chi connectivity index (χ4v) is 3.32. The Morgan fingerprint density at radius 2 is 1.67 bits per heavy atom. The lowest BCUT2D eigenvalue weighted by atomic mass is 9.98. The van der Waals surface area contributed by atoms with Gasteiger partial charge in [-0.2, -0.15) is 0 Å². The quantitative estimate of drug-likeness (QED) is 0.378. The summed E-state index contributed by atoms with van der Waals surface area (Å²) in [7, 11) is 2.64. The van der Waals surface area contributed by atoms with Gasteiger partial charge in [0.25, 0.3) is 0 Å². The van der Waals surface area contributed by atoms with Gasteiger partial charge in [0.05, 0.1) is 7.11 Å². The Morgan fingerprint density at radius 3 is 2.29 bits per heavy atom. The van der Waals surface area contributed by atoms with E-state index in [1.165, 1.54) is 17.9 Å².